The Bertz CT molecular complexity index is 563. The van der Waals surface area contributed by atoms with E-state index in [4.69, 9.17) is 0 Å². The Labute approximate surface area is 130 Å². The van der Waals surface area contributed by atoms with E-state index in [1.54, 1.807) is 18.4 Å². The molecule has 0 amide bonds. The van der Waals surface area contributed by atoms with Gasteiger partial charge < -0.3 is 10.6 Å². The van der Waals surface area contributed by atoms with Crippen LogP contribution in [0.4, 0.5) is 0 Å². The van der Waals surface area contributed by atoms with Crippen LogP contribution < -0.4 is 10.6 Å². The number of benzene rings is 1. The molecular weight excluding hydrogens is 280 g/mol. The smallest absolute Gasteiger partial charge is 0.191 e. The first-order chi connectivity index (χ1) is 10.3. The first-order valence-corrected chi connectivity index (χ1v) is 8.05. The molecule has 0 saturated heterocycles. The zero-order chi connectivity index (χ0) is 14.9. The molecule has 1 aromatic carbocycles. The second-order valence-corrected chi connectivity index (χ2v) is 5.77. The van der Waals surface area contributed by atoms with Gasteiger partial charge in [0.25, 0.3) is 0 Å². The lowest BCUT2D eigenvalue weighted by atomic mass is 10.2. The molecule has 0 atom stereocenters. The summed E-state index contributed by atoms with van der Waals surface area (Å²) in [7, 11) is 1.80. The minimum Gasteiger partial charge on any atom is -0.356 e. The highest BCUT2D eigenvalue weighted by molar-refractivity contribution is 7.09. The Morgan fingerprint density at radius 1 is 1.24 bits per heavy atom. The van der Waals surface area contributed by atoms with Crippen LogP contribution in [-0.2, 0) is 13.0 Å². The molecule has 0 aliphatic carbocycles. The molecule has 21 heavy (non-hydrogen) atoms. The van der Waals surface area contributed by atoms with Gasteiger partial charge in [-0.25, -0.2) is 4.98 Å². The molecule has 0 aliphatic heterocycles. The summed E-state index contributed by atoms with van der Waals surface area (Å²) >= 11 is 1.74. The average molecular weight is 302 g/mol. The van der Waals surface area contributed by atoms with Crippen LogP contribution in [0.2, 0.25) is 0 Å². The molecule has 1 heterocycles. The fraction of sp³-hybridized carbons (Fsp3) is 0.375. The first kappa shape index (κ1) is 15.5. The molecule has 112 valence electrons. The number of hydrogen-bond donors (Lipinski definition) is 2. The summed E-state index contributed by atoms with van der Waals surface area (Å²) in [5.74, 6) is 0.842. The summed E-state index contributed by atoms with van der Waals surface area (Å²) in [4.78, 5) is 8.70. The van der Waals surface area contributed by atoms with Crippen molar-refractivity contribution in [3.63, 3.8) is 0 Å². The lowest BCUT2D eigenvalue weighted by Crippen LogP contribution is -2.37. The van der Waals surface area contributed by atoms with E-state index in [0.717, 1.165) is 37.6 Å². The lowest BCUT2D eigenvalue weighted by molar-refractivity contribution is 0.739. The summed E-state index contributed by atoms with van der Waals surface area (Å²) in [6.07, 6.45) is 2.07. The van der Waals surface area contributed by atoms with Gasteiger partial charge in [0.05, 0.1) is 5.01 Å². The number of aromatic nitrogens is 1. The predicted octanol–water partition coefficient (Wildman–Crippen LogP) is 2.75. The van der Waals surface area contributed by atoms with Crippen LogP contribution in [0.3, 0.4) is 0 Å². The molecular formula is C16H22N4S. The van der Waals surface area contributed by atoms with Crippen molar-refractivity contribution >= 4 is 17.3 Å². The minimum atomic E-state index is 0.784. The van der Waals surface area contributed by atoms with Crippen LogP contribution in [0.15, 0.2) is 40.7 Å². The van der Waals surface area contributed by atoms with Crippen molar-refractivity contribution in [2.45, 2.75) is 26.3 Å². The van der Waals surface area contributed by atoms with Crippen molar-refractivity contribution in [2.75, 3.05) is 13.6 Å². The quantitative estimate of drug-likeness (QED) is 0.490. The van der Waals surface area contributed by atoms with Gasteiger partial charge in [-0.2, -0.15) is 0 Å². The van der Waals surface area contributed by atoms with Gasteiger partial charge in [0, 0.05) is 37.6 Å². The number of guanidine groups is 1. The van der Waals surface area contributed by atoms with E-state index in [9.17, 15) is 0 Å². The maximum Gasteiger partial charge on any atom is 0.191 e. The van der Waals surface area contributed by atoms with E-state index < -0.39 is 0 Å². The van der Waals surface area contributed by atoms with E-state index in [-0.39, 0.29) is 0 Å². The fourth-order valence-electron chi connectivity index (χ4n) is 1.97. The Morgan fingerprint density at radius 2 is 2.05 bits per heavy atom. The molecule has 0 saturated carbocycles. The third-order valence-corrected chi connectivity index (χ3v) is 4.08. The van der Waals surface area contributed by atoms with Gasteiger partial charge in [0.1, 0.15) is 0 Å². The number of aliphatic imine (C=N–C) groups is 1. The van der Waals surface area contributed by atoms with Gasteiger partial charge in [0.2, 0.25) is 0 Å². The van der Waals surface area contributed by atoms with Crippen LogP contribution in [0.25, 0.3) is 0 Å². The van der Waals surface area contributed by atoms with Gasteiger partial charge in [-0.15, -0.1) is 11.3 Å². The van der Waals surface area contributed by atoms with E-state index in [1.165, 1.54) is 10.6 Å². The van der Waals surface area contributed by atoms with Crippen LogP contribution >= 0.6 is 11.3 Å². The third kappa shape index (κ3) is 5.55. The fourth-order valence-corrected chi connectivity index (χ4v) is 2.78. The summed E-state index contributed by atoms with van der Waals surface area (Å²) in [5.41, 5.74) is 2.36. The van der Waals surface area contributed by atoms with Crippen LogP contribution in [0.1, 0.15) is 22.7 Å². The molecule has 5 heteroatoms. The largest absolute Gasteiger partial charge is 0.356 e. The standard InChI is InChI=1S/C16H22N4S/c1-13-12-21-15(20-13)9-6-10-18-16(17-2)19-11-14-7-4-3-5-8-14/h3-5,7-8,12H,6,9-11H2,1-2H3,(H2,17,18,19). The topological polar surface area (TPSA) is 49.3 Å². The predicted molar refractivity (Wildman–Crippen MR) is 89.8 cm³/mol. The molecule has 0 radical (unpaired) electrons. The van der Waals surface area contributed by atoms with Gasteiger partial charge in [-0.1, -0.05) is 30.3 Å². The van der Waals surface area contributed by atoms with Crippen molar-refractivity contribution in [1.82, 2.24) is 15.6 Å². The van der Waals surface area contributed by atoms with E-state index in [0.29, 0.717) is 0 Å². The Hall–Kier alpha value is -1.88. The van der Waals surface area contributed by atoms with Gasteiger partial charge in [0.15, 0.2) is 5.96 Å². The van der Waals surface area contributed by atoms with Crippen molar-refractivity contribution < 1.29 is 0 Å². The number of thiazole rings is 1. The van der Waals surface area contributed by atoms with Crippen molar-refractivity contribution in [3.05, 3.63) is 52.0 Å². The average Bonchev–Trinajstić information content (AvgIpc) is 2.93. The number of nitrogens with zero attached hydrogens (tertiary/aromatic N) is 2. The van der Waals surface area contributed by atoms with Crippen LogP contribution in [0, 0.1) is 6.92 Å². The van der Waals surface area contributed by atoms with Gasteiger partial charge >= 0.3 is 0 Å². The Balaban J connectivity index is 1.66. The molecule has 2 N–H and O–H groups in total. The second kappa shape index (κ2) is 8.42. The van der Waals surface area contributed by atoms with Crippen molar-refractivity contribution in [2.24, 2.45) is 4.99 Å². The third-order valence-electron chi connectivity index (χ3n) is 3.05. The zero-order valence-corrected chi connectivity index (χ0v) is 13.4. The van der Waals surface area contributed by atoms with Crippen molar-refractivity contribution in [3.8, 4) is 0 Å². The van der Waals surface area contributed by atoms with Crippen LogP contribution in [0.5, 0.6) is 0 Å². The van der Waals surface area contributed by atoms with E-state index in [1.807, 2.05) is 25.1 Å². The van der Waals surface area contributed by atoms with Crippen LogP contribution in [-0.4, -0.2) is 24.5 Å². The first-order valence-electron chi connectivity index (χ1n) is 7.17. The van der Waals surface area contributed by atoms with Gasteiger partial charge in [-0.05, 0) is 18.9 Å². The SMILES string of the molecule is CN=C(NCCCc1nc(C)cs1)NCc1ccccc1. The van der Waals surface area contributed by atoms with E-state index in [2.05, 4.69) is 38.1 Å². The summed E-state index contributed by atoms with van der Waals surface area (Å²) in [6.45, 7) is 3.72. The lowest BCUT2D eigenvalue weighted by Gasteiger charge is -2.11. The van der Waals surface area contributed by atoms with Crippen molar-refractivity contribution in [1.29, 1.82) is 0 Å². The number of aryl methyl sites for hydroxylation is 2. The monoisotopic (exact) mass is 302 g/mol. The van der Waals surface area contributed by atoms with Gasteiger partial charge in [-0.3, -0.25) is 4.99 Å². The summed E-state index contributed by atoms with van der Waals surface area (Å²) in [5, 5.41) is 9.96. The maximum atomic E-state index is 4.47. The maximum absolute atomic E-state index is 4.47. The highest BCUT2D eigenvalue weighted by Gasteiger charge is 2.00. The molecule has 4 nitrogen and oxygen atoms in total. The number of hydrogen-bond acceptors (Lipinski definition) is 3. The van der Waals surface area contributed by atoms with E-state index >= 15 is 0 Å². The molecule has 2 aromatic rings. The molecule has 2 rings (SSSR count). The Kier molecular flexibility index (Phi) is 6.22. The highest BCUT2D eigenvalue weighted by Crippen LogP contribution is 2.10. The molecule has 1 aromatic heterocycles. The highest BCUT2D eigenvalue weighted by atomic mass is 32.1. The second-order valence-electron chi connectivity index (χ2n) is 4.82. The molecule has 0 bridgehead atoms. The molecule has 0 unspecified atom stereocenters. The normalized spacial score (nSPS) is 11.4. The number of rotatable bonds is 6. The summed E-state index contributed by atoms with van der Waals surface area (Å²) in [6, 6.07) is 10.3. The summed E-state index contributed by atoms with van der Waals surface area (Å²) < 4.78 is 0. The number of nitrogens with one attached hydrogen (secondary N) is 2. The Morgan fingerprint density at radius 3 is 2.71 bits per heavy atom. The molecule has 0 fully saturated rings. The molecule has 0 aliphatic rings. The minimum absolute atomic E-state index is 0.784. The molecule has 0 spiro atoms. The zero-order valence-electron chi connectivity index (χ0n) is 12.6.